The van der Waals surface area contributed by atoms with Crippen LogP contribution in [0.15, 0.2) is 54.6 Å². The normalized spacial score (nSPS) is 24.5. The van der Waals surface area contributed by atoms with E-state index >= 15 is 0 Å². The lowest BCUT2D eigenvalue weighted by Crippen LogP contribution is -2.61. The van der Waals surface area contributed by atoms with Gasteiger partial charge in [-0.15, -0.1) is 0 Å². The van der Waals surface area contributed by atoms with Crippen molar-refractivity contribution in [2.75, 3.05) is 27.2 Å². The van der Waals surface area contributed by atoms with Crippen molar-refractivity contribution in [3.8, 4) is 0 Å². The molecule has 5 nitrogen and oxygen atoms in total. The Balaban J connectivity index is 1.66. The molecule has 0 unspecified atom stereocenters. The van der Waals surface area contributed by atoms with Crippen LogP contribution in [-0.2, 0) is 17.8 Å². The molecule has 2 atom stereocenters. The van der Waals surface area contributed by atoms with Gasteiger partial charge in [0.1, 0.15) is 0 Å². The van der Waals surface area contributed by atoms with Crippen molar-refractivity contribution < 1.29 is 9.59 Å². The number of amides is 2. The summed E-state index contributed by atoms with van der Waals surface area (Å²) in [5, 5.41) is 3.22. The quantitative estimate of drug-likeness (QED) is 0.907. The lowest BCUT2D eigenvalue weighted by atomic mass is 9.77. The van der Waals surface area contributed by atoms with E-state index in [0.717, 1.165) is 17.7 Å². The molecule has 0 aromatic heterocycles. The Morgan fingerprint density at radius 3 is 2.59 bits per heavy atom. The van der Waals surface area contributed by atoms with E-state index in [4.69, 9.17) is 0 Å². The van der Waals surface area contributed by atoms with Gasteiger partial charge in [0.25, 0.3) is 5.91 Å². The largest absolute Gasteiger partial charge is 0.348 e. The number of carbonyl (C=O) groups excluding carboxylic acids is 2. The highest BCUT2D eigenvalue weighted by atomic mass is 16.2. The molecule has 0 bridgehead atoms. The number of nitrogens with zero attached hydrogens (tertiary/aromatic N) is 2. The van der Waals surface area contributed by atoms with Gasteiger partial charge < -0.3 is 10.2 Å². The summed E-state index contributed by atoms with van der Waals surface area (Å²) in [6.45, 7) is 2.10. The SMILES string of the molecule is CN(C)C(=O)[C@@H]1CN(Cc2ccccc2)C[C@]12Cc1ccccc1C(=O)N2. The minimum atomic E-state index is -0.554. The van der Waals surface area contributed by atoms with Crippen molar-refractivity contribution >= 4 is 11.8 Å². The number of hydrogen-bond donors (Lipinski definition) is 1. The molecular weight excluding hydrogens is 338 g/mol. The molecule has 2 amide bonds. The van der Waals surface area contributed by atoms with E-state index in [1.165, 1.54) is 5.56 Å². The van der Waals surface area contributed by atoms with E-state index in [9.17, 15) is 9.59 Å². The topological polar surface area (TPSA) is 52.7 Å². The second-order valence-electron chi connectivity index (χ2n) is 7.88. The van der Waals surface area contributed by atoms with E-state index in [-0.39, 0.29) is 17.7 Å². The van der Waals surface area contributed by atoms with Crippen molar-refractivity contribution in [1.82, 2.24) is 15.1 Å². The van der Waals surface area contributed by atoms with Crippen molar-refractivity contribution in [2.24, 2.45) is 5.92 Å². The number of likely N-dealkylation sites (tertiary alicyclic amines) is 1. The van der Waals surface area contributed by atoms with Crippen LogP contribution >= 0.6 is 0 Å². The number of fused-ring (bicyclic) bond motifs is 1. The zero-order valence-corrected chi connectivity index (χ0v) is 15.8. The first kappa shape index (κ1) is 17.7. The second kappa shape index (κ2) is 6.82. The maximum absolute atomic E-state index is 13.0. The van der Waals surface area contributed by atoms with Crippen molar-refractivity contribution in [1.29, 1.82) is 0 Å². The number of benzene rings is 2. The van der Waals surface area contributed by atoms with Gasteiger partial charge in [0.05, 0.1) is 11.5 Å². The monoisotopic (exact) mass is 363 g/mol. The first-order chi connectivity index (χ1) is 13.0. The molecule has 2 aliphatic heterocycles. The Hall–Kier alpha value is -2.66. The first-order valence-corrected chi connectivity index (χ1v) is 9.36. The summed E-state index contributed by atoms with van der Waals surface area (Å²) >= 11 is 0. The van der Waals surface area contributed by atoms with E-state index in [2.05, 4.69) is 22.3 Å². The summed E-state index contributed by atoms with van der Waals surface area (Å²) in [6, 6.07) is 18.0. The van der Waals surface area contributed by atoms with Gasteiger partial charge in [0.15, 0.2) is 0 Å². The highest BCUT2D eigenvalue weighted by Crippen LogP contribution is 2.36. The summed E-state index contributed by atoms with van der Waals surface area (Å²) in [5.41, 5.74) is 2.41. The summed E-state index contributed by atoms with van der Waals surface area (Å²) in [5.74, 6) is -0.256. The van der Waals surface area contributed by atoms with Crippen molar-refractivity contribution in [3.05, 3.63) is 71.3 Å². The molecule has 0 radical (unpaired) electrons. The van der Waals surface area contributed by atoms with E-state index in [0.29, 0.717) is 19.5 Å². The van der Waals surface area contributed by atoms with Crippen LogP contribution in [0.25, 0.3) is 0 Å². The van der Waals surface area contributed by atoms with E-state index in [1.54, 1.807) is 19.0 Å². The predicted molar refractivity (Wildman–Crippen MR) is 104 cm³/mol. The fraction of sp³-hybridized carbons (Fsp3) is 0.364. The highest BCUT2D eigenvalue weighted by Gasteiger charge is 2.53. The molecule has 2 aromatic rings. The number of carbonyl (C=O) groups is 2. The minimum Gasteiger partial charge on any atom is -0.348 e. The van der Waals surface area contributed by atoms with Crippen LogP contribution in [-0.4, -0.2) is 54.3 Å². The van der Waals surface area contributed by atoms with Gasteiger partial charge in [-0.3, -0.25) is 14.5 Å². The average molecular weight is 363 g/mol. The zero-order chi connectivity index (χ0) is 19.0. The molecule has 0 aliphatic carbocycles. The standard InChI is InChI=1S/C22H25N3O2/c1-24(2)21(27)19-14-25(13-16-8-4-3-5-9-16)15-22(19)12-17-10-6-7-11-18(17)20(26)23-22/h3-11,19H,12-15H2,1-2H3,(H,23,26)/t19-,22+/m0/s1. The van der Waals surface area contributed by atoms with Gasteiger partial charge >= 0.3 is 0 Å². The molecular formula is C22H25N3O2. The van der Waals surface area contributed by atoms with Crippen LogP contribution in [0.2, 0.25) is 0 Å². The van der Waals surface area contributed by atoms with Crippen molar-refractivity contribution in [2.45, 2.75) is 18.5 Å². The molecule has 2 aliphatic rings. The van der Waals surface area contributed by atoms with Crippen molar-refractivity contribution in [3.63, 3.8) is 0 Å². The fourth-order valence-electron chi connectivity index (χ4n) is 4.47. The molecule has 4 rings (SSSR count). The second-order valence-corrected chi connectivity index (χ2v) is 7.88. The highest BCUT2D eigenvalue weighted by molar-refractivity contribution is 5.98. The Morgan fingerprint density at radius 2 is 1.85 bits per heavy atom. The number of hydrogen-bond acceptors (Lipinski definition) is 3. The number of rotatable bonds is 3. The summed E-state index contributed by atoms with van der Waals surface area (Å²) in [7, 11) is 3.57. The predicted octanol–water partition coefficient (Wildman–Crippen LogP) is 1.93. The van der Waals surface area contributed by atoms with Gasteiger partial charge in [-0.1, -0.05) is 48.5 Å². The van der Waals surface area contributed by atoms with Crippen LogP contribution < -0.4 is 5.32 Å². The van der Waals surface area contributed by atoms with Gasteiger partial charge in [0.2, 0.25) is 5.91 Å². The molecule has 27 heavy (non-hydrogen) atoms. The van der Waals surface area contributed by atoms with E-state index in [1.807, 2.05) is 42.5 Å². The maximum atomic E-state index is 13.0. The average Bonchev–Trinajstić information content (AvgIpc) is 2.98. The van der Waals surface area contributed by atoms with Crippen LogP contribution in [0.5, 0.6) is 0 Å². The third-order valence-corrected chi connectivity index (χ3v) is 5.73. The lowest BCUT2D eigenvalue weighted by Gasteiger charge is -2.40. The van der Waals surface area contributed by atoms with E-state index < -0.39 is 5.54 Å². The van der Waals surface area contributed by atoms with Gasteiger partial charge in [-0.25, -0.2) is 0 Å². The fourth-order valence-corrected chi connectivity index (χ4v) is 4.47. The lowest BCUT2D eigenvalue weighted by molar-refractivity contribution is -0.134. The molecule has 1 saturated heterocycles. The first-order valence-electron chi connectivity index (χ1n) is 9.36. The summed E-state index contributed by atoms with van der Waals surface area (Å²) in [6.07, 6.45) is 0.685. The smallest absolute Gasteiger partial charge is 0.252 e. The Kier molecular flexibility index (Phi) is 4.48. The van der Waals surface area contributed by atoms with Gasteiger partial charge in [-0.05, 0) is 23.6 Å². The summed E-state index contributed by atoms with van der Waals surface area (Å²) in [4.78, 5) is 29.7. The Morgan fingerprint density at radius 1 is 1.15 bits per heavy atom. The zero-order valence-electron chi connectivity index (χ0n) is 15.8. The van der Waals surface area contributed by atoms with Gasteiger partial charge in [-0.2, -0.15) is 0 Å². The molecule has 0 saturated carbocycles. The molecule has 2 heterocycles. The summed E-state index contributed by atoms with van der Waals surface area (Å²) < 4.78 is 0. The van der Waals surface area contributed by atoms with Crippen LogP contribution in [0.4, 0.5) is 0 Å². The van der Waals surface area contributed by atoms with Gasteiger partial charge in [0, 0.05) is 39.3 Å². The van der Waals surface area contributed by atoms with Crippen LogP contribution in [0, 0.1) is 5.92 Å². The van der Waals surface area contributed by atoms with Crippen LogP contribution in [0.1, 0.15) is 21.5 Å². The molecule has 5 heteroatoms. The van der Waals surface area contributed by atoms with Crippen LogP contribution in [0.3, 0.4) is 0 Å². The molecule has 1 spiro atoms. The molecule has 1 fully saturated rings. The Labute approximate surface area is 160 Å². The molecule has 2 aromatic carbocycles. The third kappa shape index (κ3) is 3.23. The molecule has 140 valence electrons. The minimum absolute atomic E-state index is 0.0741. The Bertz CT molecular complexity index is 865. The maximum Gasteiger partial charge on any atom is 0.252 e. The third-order valence-electron chi connectivity index (χ3n) is 5.73. The molecule has 1 N–H and O–H groups in total. The number of nitrogens with one attached hydrogen (secondary N) is 1.